The van der Waals surface area contributed by atoms with Crippen LogP contribution in [0.4, 0.5) is 5.82 Å². The van der Waals surface area contributed by atoms with Crippen LogP contribution in [0.25, 0.3) is 28.0 Å². The molecule has 7 heteroatoms. The van der Waals surface area contributed by atoms with Gasteiger partial charge >= 0.3 is 0 Å². The number of piperazine rings is 1. The van der Waals surface area contributed by atoms with E-state index < -0.39 is 0 Å². The molecule has 7 nitrogen and oxygen atoms in total. The van der Waals surface area contributed by atoms with E-state index in [2.05, 4.69) is 32.3 Å². The van der Waals surface area contributed by atoms with Crippen molar-refractivity contribution >= 4 is 11.5 Å². The summed E-state index contributed by atoms with van der Waals surface area (Å²) in [4.78, 5) is 11.5. The lowest BCUT2D eigenvalue weighted by molar-refractivity contribution is -0.604. The number of aromatic nitrogens is 4. The molecule has 1 fully saturated rings. The minimum Gasteiger partial charge on any atom is -0.619 e. The number of nitrogens with zero attached hydrogens (tertiary/aromatic N) is 5. The van der Waals surface area contributed by atoms with Gasteiger partial charge in [0.1, 0.15) is 11.5 Å². The molecule has 1 N–H and O–H groups in total. The lowest BCUT2D eigenvalue weighted by Crippen LogP contribution is -2.43. The number of hydrogen-bond donors (Lipinski definition) is 1. The Labute approximate surface area is 162 Å². The van der Waals surface area contributed by atoms with Gasteiger partial charge in [-0.3, -0.25) is 4.40 Å². The molecular weight excluding hydrogens is 352 g/mol. The highest BCUT2D eigenvalue weighted by molar-refractivity contribution is 5.68. The maximum Gasteiger partial charge on any atom is 0.188 e. The fourth-order valence-corrected chi connectivity index (χ4v) is 3.61. The molecule has 0 unspecified atom stereocenters. The zero-order valence-electron chi connectivity index (χ0n) is 15.3. The van der Waals surface area contributed by atoms with Crippen molar-refractivity contribution in [1.29, 1.82) is 0 Å². The minimum atomic E-state index is 0.813. The quantitative estimate of drug-likeness (QED) is 0.440. The summed E-state index contributed by atoms with van der Waals surface area (Å²) in [6.07, 6.45) is 8.83. The van der Waals surface area contributed by atoms with Gasteiger partial charge in [0.25, 0.3) is 0 Å². The van der Waals surface area contributed by atoms with Crippen LogP contribution in [0.3, 0.4) is 0 Å². The fraction of sp³-hybridized carbons (Fsp3) is 0.190. The topological polar surface area (TPSA) is 72.4 Å². The highest BCUT2D eigenvalue weighted by Gasteiger charge is 2.13. The summed E-state index contributed by atoms with van der Waals surface area (Å²) in [5.41, 5.74) is 4.67. The Morgan fingerprint density at radius 1 is 0.929 bits per heavy atom. The van der Waals surface area contributed by atoms with E-state index >= 15 is 0 Å². The third kappa shape index (κ3) is 3.05. The summed E-state index contributed by atoms with van der Waals surface area (Å²) in [5.74, 6) is 1.00. The molecule has 5 rings (SSSR count). The Morgan fingerprint density at radius 2 is 1.79 bits per heavy atom. The van der Waals surface area contributed by atoms with Crippen molar-refractivity contribution in [3.63, 3.8) is 0 Å². The molecule has 1 saturated heterocycles. The van der Waals surface area contributed by atoms with Gasteiger partial charge < -0.3 is 15.4 Å². The summed E-state index contributed by atoms with van der Waals surface area (Å²) >= 11 is 0. The molecule has 28 heavy (non-hydrogen) atoms. The van der Waals surface area contributed by atoms with Gasteiger partial charge in [-0.05, 0) is 30.3 Å². The van der Waals surface area contributed by atoms with Crippen LogP contribution in [0.2, 0.25) is 0 Å². The van der Waals surface area contributed by atoms with Gasteiger partial charge in [-0.25, -0.2) is 9.97 Å². The SMILES string of the molecule is [O-][n+]1cccc(-c2ccc3ncc(-c4ccc(N5CCNCC5)nc4)n3c2)c1. The molecule has 0 spiro atoms. The first kappa shape index (κ1) is 16.7. The third-order valence-electron chi connectivity index (χ3n) is 5.10. The average Bonchev–Trinajstić information content (AvgIpc) is 3.18. The molecule has 5 heterocycles. The van der Waals surface area contributed by atoms with Crippen LogP contribution in [-0.2, 0) is 0 Å². The predicted octanol–water partition coefficient (Wildman–Crippen LogP) is 2.11. The van der Waals surface area contributed by atoms with Crippen molar-refractivity contribution in [3.8, 4) is 22.4 Å². The Hall–Kier alpha value is -3.45. The third-order valence-corrected chi connectivity index (χ3v) is 5.10. The molecule has 0 bridgehead atoms. The lowest BCUT2D eigenvalue weighted by Gasteiger charge is -2.28. The number of pyridine rings is 3. The van der Waals surface area contributed by atoms with E-state index in [9.17, 15) is 5.21 Å². The monoisotopic (exact) mass is 372 g/mol. The molecule has 0 saturated carbocycles. The zero-order valence-corrected chi connectivity index (χ0v) is 15.3. The van der Waals surface area contributed by atoms with Gasteiger partial charge in [0.15, 0.2) is 12.4 Å². The van der Waals surface area contributed by atoms with Crippen molar-refractivity contribution in [2.45, 2.75) is 0 Å². The first-order chi connectivity index (χ1) is 13.8. The van der Waals surface area contributed by atoms with Gasteiger partial charge in [-0.15, -0.1) is 0 Å². The lowest BCUT2D eigenvalue weighted by atomic mass is 10.1. The maximum absolute atomic E-state index is 11.6. The summed E-state index contributed by atoms with van der Waals surface area (Å²) in [7, 11) is 0. The highest BCUT2D eigenvalue weighted by Crippen LogP contribution is 2.25. The van der Waals surface area contributed by atoms with E-state index in [1.165, 1.54) is 6.20 Å². The first-order valence-corrected chi connectivity index (χ1v) is 9.36. The summed E-state index contributed by atoms with van der Waals surface area (Å²) in [6, 6.07) is 11.8. The largest absolute Gasteiger partial charge is 0.619 e. The van der Waals surface area contributed by atoms with Crippen LogP contribution < -0.4 is 14.9 Å². The van der Waals surface area contributed by atoms with Crippen molar-refractivity contribution in [2.24, 2.45) is 0 Å². The van der Waals surface area contributed by atoms with Crippen LogP contribution in [-0.4, -0.2) is 40.5 Å². The molecule has 0 aromatic carbocycles. The molecule has 0 radical (unpaired) electrons. The van der Waals surface area contributed by atoms with E-state index in [4.69, 9.17) is 0 Å². The zero-order chi connectivity index (χ0) is 18.9. The smallest absolute Gasteiger partial charge is 0.188 e. The molecule has 4 aromatic heterocycles. The second-order valence-corrected chi connectivity index (χ2v) is 6.88. The predicted molar refractivity (Wildman–Crippen MR) is 108 cm³/mol. The van der Waals surface area contributed by atoms with Crippen LogP contribution >= 0.6 is 0 Å². The second-order valence-electron chi connectivity index (χ2n) is 6.88. The van der Waals surface area contributed by atoms with Crippen LogP contribution in [0.5, 0.6) is 0 Å². The van der Waals surface area contributed by atoms with E-state index in [-0.39, 0.29) is 0 Å². The van der Waals surface area contributed by atoms with Crippen molar-refractivity contribution in [2.75, 3.05) is 31.1 Å². The highest BCUT2D eigenvalue weighted by atomic mass is 16.5. The van der Waals surface area contributed by atoms with E-state index in [0.29, 0.717) is 0 Å². The first-order valence-electron chi connectivity index (χ1n) is 9.36. The van der Waals surface area contributed by atoms with Gasteiger partial charge in [0, 0.05) is 61.3 Å². The number of fused-ring (bicyclic) bond motifs is 1. The fourth-order valence-electron chi connectivity index (χ4n) is 3.61. The summed E-state index contributed by atoms with van der Waals surface area (Å²) in [5, 5.41) is 15.0. The van der Waals surface area contributed by atoms with Crippen LogP contribution in [0, 0.1) is 5.21 Å². The van der Waals surface area contributed by atoms with Gasteiger partial charge in [0.05, 0.1) is 11.9 Å². The van der Waals surface area contributed by atoms with E-state index in [0.717, 1.165) is 64.8 Å². The van der Waals surface area contributed by atoms with Crippen molar-refractivity contribution in [3.05, 3.63) is 72.6 Å². The van der Waals surface area contributed by atoms with Crippen molar-refractivity contribution in [1.82, 2.24) is 19.7 Å². The van der Waals surface area contributed by atoms with Gasteiger partial charge in [-0.1, -0.05) is 0 Å². The van der Waals surface area contributed by atoms with E-state index in [1.54, 1.807) is 12.3 Å². The average molecular weight is 372 g/mol. The van der Waals surface area contributed by atoms with Crippen molar-refractivity contribution < 1.29 is 4.73 Å². The standard InChI is InChI=1S/C21H20N6O/c28-26-9-1-2-17(14-26)18-4-6-21-24-13-19(27(21)15-18)16-3-5-20(23-12-16)25-10-7-22-8-11-25/h1-6,9,12-15,22H,7-8,10-11H2. The molecule has 140 valence electrons. The molecule has 1 aliphatic rings. The minimum absolute atomic E-state index is 0.813. The molecule has 0 amide bonds. The Morgan fingerprint density at radius 3 is 2.57 bits per heavy atom. The number of anilines is 1. The normalized spacial score (nSPS) is 14.5. The molecule has 0 aliphatic carbocycles. The number of imidazole rings is 1. The van der Waals surface area contributed by atoms with Crippen LogP contribution in [0.1, 0.15) is 0 Å². The Kier molecular flexibility index (Phi) is 4.14. The van der Waals surface area contributed by atoms with Gasteiger partial charge in [-0.2, -0.15) is 4.73 Å². The Bertz CT molecular complexity index is 1120. The van der Waals surface area contributed by atoms with Gasteiger partial charge in [0.2, 0.25) is 0 Å². The second kappa shape index (κ2) is 6.94. The number of rotatable bonds is 3. The Balaban J connectivity index is 1.51. The molecular formula is C21H20N6O. The maximum atomic E-state index is 11.6. The molecule has 1 aliphatic heterocycles. The number of hydrogen-bond acceptors (Lipinski definition) is 5. The molecule has 0 atom stereocenters. The number of nitrogens with one attached hydrogen (secondary N) is 1. The van der Waals surface area contributed by atoms with Crippen LogP contribution in [0.15, 0.2) is 67.4 Å². The summed E-state index contributed by atoms with van der Waals surface area (Å²) < 4.78 is 2.85. The molecule has 4 aromatic rings. The summed E-state index contributed by atoms with van der Waals surface area (Å²) in [6.45, 7) is 3.93. The van der Waals surface area contributed by atoms with E-state index in [1.807, 2.05) is 41.2 Å².